The predicted octanol–water partition coefficient (Wildman–Crippen LogP) is 2.41. The second kappa shape index (κ2) is 3.83. The van der Waals surface area contributed by atoms with E-state index in [1.807, 2.05) is 0 Å². The second-order valence-electron chi connectivity index (χ2n) is 1.85. The normalized spacial score (nSPS) is 11.2. The van der Waals surface area contributed by atoms with E-state index in [4.69, 9.17) is 22.3 Å². The molecule has 1 aromatic rings. The molecule has 1 heterocycles. The Morgan fingerprint density at radius 1 is 1.54 bits per heavy atom. The van der Waals surface area contributed by atoms with Gasteiger partial charge < -0.3 is 4.74 Å². The van der Waals surface area contributed by atoms with Crippen molar-refractivity contribution < 1.29 is 17.9 Å². The lowest BCUT2D eigenvalue weighted by molar-refractivity contribution is 0.226. The molecule has 1 rings (SSSR count). The molecule has 0 aliphatic carbocycles. The van der Waals surface area contributed by atoms with E-state index in [2.05, 4.69) is 4.74 Å². The molecule has 0 N–H and O–H groups in total. The van der Waals surface area contributed by atoms with Crippen LogP contribution in [-0.4, -0.2) is 13.8 Å². The highest BCUT2D eigenvalue weighted by atomic mass is 35.7. The summed E-state index contributed by atoms with van der Waals surface area (Å²) >= 11 is 5.81. The fourth-order valence-corrected chi connectivity index (χ4v) is 2.90. The van der Waals surface area contributed by atoms with Crippen LogP contribution in [-0.2, 0) is 9.05 Å². The first-order valence-corrected chi connectivity index (χ1v) is 6.37. The molecule has 0 bridgehead atoms. The van der Waals surface area contributed by atoms with Crippen LogP contribution < -0.4 is 4.74 Å². The van der Waals surface area contributed by atoms with E-state index in [0.29, 0.717) is 0 Å². The maximum absolute atomic E-state index is 10.8. The van der Waals surface area contributed by atoms with Crippen LogP contribution in [0.5, 0.6) is 5.06 Å². The highest BCUT2D eigenvalue weighted by Crippen LogP contribution is 2.32. The lowest BCUT2D eigenvalue weighted by atomic mass is 10.6. The molecule has 0 aliphatic rings. The van der Waals surface area contributed by atoms with Crippen LogP contribution in [0.1, 0.15) is 0 Å². The first-order chi connectivity index (χ1) is 5.91. The molecule has 72 valence electrons. The molecule has 8 heteroatoms. The lowest BCUT2D eigenvalue weighted by Gasteiger charge is -1.97. The summed E-state index contributed by atoms with van der Waals surface area (Å²) in [7, 11) is 1.14. The van der Waals surface area contributed by atoms with Crippen LogP contribution in [0.25, 0.3) is 0 Å². The molecular formula is C5H2Cl2O4S2. The van der Waals surface area contributed by atoms with Gasteiger partial charge >= 0.3 is 5.43 Å². The zero-order valence-electron chi connectivity index (χ0n) is 5.86. The van der Waals surface area contributed by atoms with Crippen LogP contribution in [0.3, 0.4) is 0 Å². The molecule has 0 atom stereocenters. The lowest BCUT2D eigenvalue weighted by Crippen LogP contribution is -1.98. The van der Waals surface area contributed by atoms with Crippen molar-refractivity contribution in [2.75, 3.05) is 0 Å². The van der Waals surface area contributed by atoms with Gasteiger partial charge in [-0.25, -0.2) is 13.2 Å². The van der Waals surface area contributed by atoms with Crippen LogP contribution in [0.4, 0.5) is 4.79 Å². The molecule has 0 unspecified atom stereocenters. The Kier molecular flexibility index (Phi) is 3.18. The highest BCUT2D eigenvalue weighted by molar-refractivity contribution is 8.14. The van der Waals surface area contributed by atoms with Gasteiger partial charge in [0.15, 0.2) is 0 Å². The van der Waals surface area contributed by atoms with Crippen molar-refractivity contribution in [3.05, 3.63) is 11.4 Å². The van der Waals surface area contributed by atoms with Crippen LogP contribution in [0, 0.1) is 0 Å². The standard InChI is InChI=1S/C5H2Cl2O4S2/c6-5(8)11-4-3(1-2-12-4)13(7,9)10/h1-2H. The van der Waals surface area contributed by atoms with Crippen LogP contribution >= 0.6 is 33.6 Å². The molecule has 0 spiro atoms. The minimum atomic E-state index is -3.89. The monoisotopic (exact) mass is 260 g/mol. The Bertz CT molecular complexity index is 421. The molecular weight excluding hydrogens is 259 g/mol. The van der Waals surface area contributed by atoms with Crippen LogP contribution in [0.2, 0.25) is 0 Å². The van der Waals surface area contributed by atoms with E-state index in [0.717, 1.165) is 11.3 Å². The number of hydrogen-bond acceptors (Lipinski definition) is 5. The summed E-state index contributed by atoms with van der Waals surface area (Å²) < 4.78 is 26.1. The first kappa shape index (κ1) is 10.8. The van der Waals surface area contributed by atoms with E-state index < -0.39 is 14.5 Å². The van der Waals surface area contributed by atoms with Gasteiger partial charge in [-0.2, -0.15) is 0 Å². The zero-order valence-corrected chi connectivity index (χ0v) is 9.00. The van der Waals surface area contributed by atoms with Gasteiger partial charge in [-0.05, 0) is 11.4 Å². The van der Waals surface area contributed by atoms with Crippen molar-refractivity contribution in [2.45, 2.75) is 4.90 Å². The Morgan fingerprint density at radius 2 is 2.15 bits per heavy atom. The molecule has 0 radical (unpaired) electrons. The maximum atomic E-state index is 10.8. The molecule has 0 aromatic carbocycles. The Morgan fingerprint density at radius 3 is 2.62 bits per heavy atom. The number of thiophene rings is 1. The quantitative estimate of drug-likeness (QED) is 0.767. The third-order valence-electron chi connectivity index (χ3n) is 1.03. The Labute approximate surface area is 87.4 Å². The molecule has 0 aliphatic heterocycles. The molecule has 0 fully saturated rings. The first-order valence-electron chi connectivity index (χ1n) is 2.80. The van der Waals surface area contributed by atoms with Crippen molar-refractivity contribution >= 4 is 48.1 Å². The topological polar surface area (TPSA) is 60.4 Å². The fraction of sp³-hybridized carbons (Fsp3) is 0. The smallest absolute Gasteiger partial charge is 0.402 e. The van der Waals surface area contributed by atoms with Crippen molar-refractivity contribution in [2.24, 2.45) is 0 Å². The summed E-state index contributed by atoms with van der Waals surface area (Å²) in [5, 5.41) is 1.29. The average molecular weight is 261 g/mol. The summed E-state index contributed by atoms with van der Waals surface area (Å²) in [6, 6.07) is 1.22. The van der Waals surface area contributed by atoms with Gasteiger partial charge in [0.25, 0.3) is 9.05 Å². The molecule has 1 aromatic heterocycles. The number of ether oxygens (including phenoxy) is 1. The van der Waals surface area contributed by atoms with Gasteiger partial charge in [-0.1, -0.05) is 0 Å². The number of hydrogen-bond donors (Lipinski definition) is 0. The van der Waals surface area contributed by atoms with E-state index in [1.165, 1.54) is 11.4 Å². The Hall–Kier alpha value is -0.300. The van der Waals surface area contributed by atoms with E-state index in [9.17, 15) is 13.2 Å². The summed E-state index contributed by atoms with van der Waals surface area (Å²) in [5.74, 6) is 0. The third-order valence-corrected chi connectivity index (χ3v) is 3.37. The number of carbonyl (C=O) groups is 1. The third kappa shape index (κ3) is 2.84. The van der Waals surface area contributed by atoms with Gasteiger partial charge in [0, 0.05) is 22.3 Å². The van der Waals surface area contributed by atoms with E-state index in [-0.39, 0.29) is 9.96 Å². The minimum Gasteiger partial charge on any atom is -0.402 e. The van der Waals surface area contributed by atoms with Crippen molar-refractivity contribution in [1.29, 1.82) is 0 Å². The van der Waals surface area contributed by atoms with E-state index in [1.54, 1.807) is 0 Å². The SMILES string of the molecule is O=C(Cl)Oc1sccc1S(=O)(=O)Cl. The number of rotatable bonds is 2. The van der Waals surface area contributed by atoms with Crippen molar-refractivity contribution in [3.63, 3.8) is 0 Å². The van der Waals surface area contributed by atoms with Crippen molar-refractivity contribution in [3.8, 4) is 5.06 Å². The zero-order chi connectivity index (χ0) is 10.1. The van der Waals surface area contributed by atoms with Gasteiger partial charge in [-0.3, -0.25) is 0 Å². The van der Waals surface area contributed by atoms with Crippen molar-refractivity contribution in [1.82, 2.24) is 0 Å². The fourth-order valence-electron chi connectivity index (χ4n) is 0.612. The van der Waals surface area contributed by atoms with Gasteiger partial charge in [0.05, 0.1) is 0 Å². The predicted molar refractivity (Wildman–Crippen MR) is 49.2 cm³/mol. The van der Waals surface area contributed by atoms with Gasteiger partial charge in [0.2, 0.25) is 5.06 Å². The minimum absolute atomic E-state index is 0.130. The van der Waals surface area contributed by atoms with E-state index >= 15 is 0 Å². The van der Waals surface area contributed by atoms with Gasteiger partial charge in [0.1, 0.15) is 4.90 Å². The summed E-state index contributed by atoms with van der Waals surface area (Å²) in [4.78, 5) is 10.0. The maximum Gasteiger partial charge on any atom is 0.410 e. The molecule has 0 saturated carbocycles. The van der Waals surface area contributed by atoms with Crippen LogP contribution in [0.15, 0.2) is 16.3 Å². The van der Waals surface area contributed by atoms with Gasteiger partial charge in [-0.15, -0.1) is 11.3 Å². The summed E-state index contributed by atoms with van der Waals surface area (Å²) in [5.41, 5.74) is -1.11. The second-order valence-corrected chi connectivity index (χ2v) is 5.57. The molecule has 4 nitrogen and oxygen atoms in total. The summed E-state index contributed by atoms with van der Waals surface area (Å²) in [6.45, 7) is 0. The summed E-state index contributed by atoms with van der Waals surface area (Å²) in [6.07, 6.45) is 0. The molecule has 13 heavy (non-hydrogen) atoms. The average Bonchev–Trinajstić information content (AvgIpc) is 2.31. The molecule has 0 saturated heterocycles. The highest BCUT2D eigenvalue weighted by Gasteiger charge is 2.19. The Balaban J connectivity index is 3.11. The largest absolute Gasteiger partial charge is 0.410 e. The molecule has 0 amide bonds. The number of halogens is 2. The number of carbonyl (C=O) groups excluding carboxylic acids is 1.